The maximum atomic E-state index is 10.6. The standard InChI is InChI=1S/C12H12N4O3/c13-12-10(16(17)18)4-5-11(15-12)19-8-6-9-3-1-2-7-14-9/h1-5,7H,6,8H2,(H2,13,15). The molecule has 0 aliphatic rings. The first kappa shape index (κ1) is 12.7. The largest absolute Gasteiger partial charge is 0.477 e. The molecular weight excluding hydrogens is 248 g/mol. The highest BCUT2D eigenvalue weighted by atomic mass is 16.6. The molecule has 0 aliphatic heterocycles. The summed E-state index contributed by atoms with van der Waals surface area (Å²) >= 11 is 0. The number of hydrogen-bond donors (Lipinski definition) is 1. The third-order valence-electron chi connectivity index (χ3n) is 2.41. The van der Waals surface area contributed by atoms with Crippen LogP contribution in [-0.4, -0.2) is 21.5 Å². The molecule has 2 heterocycles. The van der Waals surface area contributed by atoms with E-state index in [2.05, 4.69) is 9.97 Å². The van der Waals surface area contributed by atoms with E-state index in [0.717, 1.165) is 5.69 Å². The minimum Gasteiger partial charge on any atom is -0.477 e. The highest BCUT2D eigenvalue weighted by Crippen LogP contribution is 2.21. The van der Waals surface area contributed by atoms with Crippen LogP contribution >= 0.6 is 0 Å². The van der Waals surface area contributed by atoms with Gasteiger partial charge in [-0.15, -0.1) is 0 Å². The molecule has 19 heavy (non-hydrogen) atoms. The summed E-state index contributed by atoms with van der Waals surface area (Å²) in [5, 5.41) is 10.6. The van der Waals surface area contributed by atoms with E-state index in [0.29, 0.717) is 13.0 Å². The summed E-state index contributed by atoms with van der Waals surface area (Å²) in [7, 11) is 0. The molecule has 0 spiro atoms. The van der Waals surface area contributed by atoms with E-state index < -0.39 is 4.92 Å². The van der Waals surface area contributed by atoms with Crippen LogP contribution in [-0.2, 0) is 6.42 Å². The number of aromatic nitrogens is 2. The van der Waals surface area contributed by atoms with Crippen LogP contribution in [0.25, 0.3) is 0 Å². The lowest BCUT2D eigenvalue weighted by molar-refractivity contribution is -0.384. The molecule has 0 unspecified atom stereocenters. The van der Waals surface area contributed by atoms with Crippen molar-refractivity contribution in [3.05, 3.63) is 52.3 Å². The van der Waals surface area contributed by atoms with Gasteiger partial charge in [-0.05, 0) is 12.1 Å². The summed E-state index contributed by atoms with van der Waals surface area (Å²) < 4.78 is 5.37. The molecule has 2 aromatic rings. The first-order valence-electron chi connectivity index (χ1n) is 5.60. The Morgan fingerprint density at radius 1 is 1.32 bits per heavy atom. The minimum absolute atomic E-state index is 0.152. The Kier molecular flexibility index (Phi) is 3.87. The maximum Gasteiger partial charge on any atom is 0.311 e. The van der Waals surface area contributed by atoms with Crippen LogP contribution in [0.3, 0.4) is 0 Å². The number of rotatable bonds is 5. The zero-order chi connectivity index (χ0) is 13.7. The summed E-state index contributed by atoms with van der Waals surface area (Å²) in [6, 6.07) is 8.32. The molecule has 2 N–H and O–H groups in total. The van der Waals surface area contributed by atoms with E-state index in [1.165, 1.54) is 12.1 Å². The average Bonchev–Trinajstić information content (AvgIpc) is 2.39. The predicted octanol–water partition coefficient (Wildman–Crippen LogP) is 1.59. The second-order valence-electron chi connectivity index (χ2n) is 3.73. The second-order valence-corrected chi connectivity index (χ2v) is 3.73. The van der Waals surface area contributed by atoms with Crippen LogP contribution in [0.4, 0.5) is 11.5 Å². The third kappa shape index (κ3) is 3.38. The van der Waals surface area contributed by atoms with Gasteiger partial charge < -0.3 is 10.5 Å². The Bertz CT molecular complexity index is 574. The Morgan fingerprint density at radius 2 is 2.16 bits per heavy atom. The first-order valence-corrected chi connectivity index (χ1v) is 5.60. The van der Waals surface area contributed by atoms with E-state index in [-0.39, 0.29) is 17.4 Å². The monoisotopic (exact) mass is 260 g/mol. The van der Waals surface area contributed by atoms with Crippen molar-refractivity contribution >= 4 is 11.5 Å². The Hall–Kier alpha value is -2.70. The van der Waals surface area contributed by atoms with E-state index >= 15 is 0 Å². The zero-order valence-electron chi connectivity index (χ0n) is 10.0. The van der Waals surface area contributed by atoms with Crippen molar-refractivity contribution in [1.82, 2.24) is 9.97 Å². The average molecular weight is 260 g/mol. The van der Waals surface area contributed by atoms with Gasteiger partial charge in [0, 0.05) is 30.4 Å². The number of anilines is 1. The van der Waals surface area contributed by atoms with Crippen molar-refractivity contribution in [3.8, 4) is 5.88 Å². The molecule has 0 saturated carbocycles. The van der Waals surface area contributed by atoms with E-state index in [4.69, 9.17) is 10.5 Å². The smallest absolute Gasteiger partial charge is 0.311 e. The van der Waals surface area contributed by atoms with E-state index in [1.807, 2.05) is 18.2 Å². The summed E-state index contributed by atoms with van der Waals surface area (Å²) in [6.45, 7) is 0.376. The number of pyridine rings is 2. The van der Waals surface area contributed by atoms with Gasteiger partial charge >= 0.3 is 5.69 Å². The van der Waals surface area contributed by atoms with Crippen LogP contribution in [0.5, 0.6) is 5.88 Å². The number of nitrogens with zero attached hydrogens (tertiary/aromatic N) is 3. The molecule has 0 amide bonds. The van der Waals surface area contributed by atoms with Crippen molar-refractivity contribution < 1.29 is 9.66 Å². The maximum absolute atomic E-state index is 10.6. The molecule has 7 nitrogen and oxygen atoms in total. The fraction of sp³-hybridized carbons (Fsp3) is 0.167. The molecule has 0 saturated heterocycles. The molecule has 0 aliphatic carbocycles. The van der Waals surface area contributed by atoms with Gasteiger partial charge in [0.15, 0.2) is 0 Å². The quantitative estimate of drug-likeness (QED) is 0.646. The van der Waals surface area contributed by atoms with Crippen LogP contribution < -0.4 is 10.5 Å². The third-order valence-corrected chi connectivity index (χ3v) is 2.41. The van der Waals surface area contributed by atoms with Crippen LogP contribution in [0.15, 0.2) is 36.5 Å². The minimum atomic E-state index is -0.583. The number of ether oxygens (including phenoxy) is 1. The lowest BCUT2D eigenvalue weighted by Crippen LogP contribution is -2.05. The van der Waals surface area contributed by atoms with Crippen molar-refractivity contribution in [2.24, 2.45) is 0 Å². The number of nitro groups is 1. The SMILES string of the molecule is Nc1nc(OCCc2ccccn2)ccc1[N+](=O)[O-]. The van der Waals surface area contributed by atoms with Gasteiger partial charge in [0.1, 0.15) is 0 Å². The van der Waals surface area contributed by atoms with Gasteiger partial charge in [-0.1, -0.05) is 6.07 Å². The molecular formula is C12H12N4O3. The van der Waals surface area contributed by atoms with Crippen molar-refractivity contribution in [1.29, 1.82) is 0 Å². The molecule has 0 fully saturated rings. The van der Waals surface area contributed by atoms with Gasteiger partial charge in [-0.3, -0.25) is 15.1 Å². The van der Waals surface area contributed by atoms with Gasteiger partial charge in [0.25, 0.3) is 0 Å². The lowest BCUT2D eigenvalue weighted by Gasteiger charge is -2.05. The molecule has 0 aromatic carbocycles. The van der Waals surface area contributed by atoms with Crippen molar-refractivity contribution in [3.63, 3.8) is 0 Å². The van der Waals surface area contributed by atoms with Gasteiger partial charge in [-0.2, -0.15) is 4.98 Å². The fourth-order valence-electron chi connectivity index (χ4n) is 1.49. The number of nitrogen functional groups attached to an aromatic ring is 1. The van der Waals surface area contributed by atoms with Crippen LogP contribution in [0.2, 0.25) is 0 Å². The summed E-state index contributed by atoms with van der Waals surface area (Å²) in [4.78, 5) is 18.0. The van der Waals surface area contributed by atoms with Crippen molar-refractivity contribution in [2.45, 2.75) is 6.42 Å². The molecule has 0 bridgehead atoms. The molecule has 2 aromatic heterocycles. The summed E-state index contributed by atoms with van der Waals surface area (Å²) in [6.07, 6.45) is 2.33. The number of nitrogens with two attached hydrogens (primary N) is 1. The highest BCUT2D eigenvalue weighted by Gasteiger charge is 2.13. The number of hydrogen-bond acceptors (Lipinski definition) is 6. The molecule has 7 heteroatoms. The predicted molar refractivity (Wildman–Crippen MR) is 68.7 cm³/mol. The Balaban J connectivity index is 1.93. The second kappa shape index (κ2) is 5.76. The molecule has 2 rings (SSSR count). The van der Waals surface area contributed by atoms with Crippen LogP contribution in [0.1, 0.15) is 5.69 Å². The van der Waals surface area contributed by atoms with Gasteiger partial charge in [0.05, 0.1) is 11.5 Å². The molecule has 98 valence electrons. The zero-order valence-corrected chi connectivity index (χ0v) is 10.0. The topological polar surface area (TPSA) is 104 Å². The fourth-order valence-corrected chi connectivity index (χ4v) is 1.49. The summed E-state index contributed by atoms with van der Waals surface area (Å²) in [5.41, 5.74) is 6.14. The van der Waals surface area contributed by atoms with E-state index in [1.54, 1.807) is 6.20 Å². The Labute approximate surface area is 109 Å². The van der Waals surface area contributed by atoms with Crippen molar-refractivity contribution in [2.75, 3.05) is 12.3 Å². The molecule has 0 atom stereocenters. The van der Waals surface area contributed by atoms with Gasteiger partial charge in [-0.25, -0.2) is 0 Å². The van der Waals surface area contributed by atoms with E-state index in [9.17, 15) is 10.1 Å². The normalized spacial score (nSPS) is 10.1. The first-order chi connectivity index (χ1) is 9.16. The lowest BCUT2D eigenvalue weighted by atomic mass is 10.3. The Morgan fingerprint density at radius 3 is 2.79 bits per heavy atom. The molecule has 0 radical (unpaired) electrons. The summed E-state index contributed by atoms with van der Waals surface area (Å²) in [5.74, 6) is 0.111. The van der Waals surface area contributed by atoms with Gasteiger partial charge in [0.2, 0.25) is 11.7 Å². The van der Waals surface area contributed by atoms with Crippen LogP contribution in [0, 0.1) is 10.1 Å². The highest BCUT2D eigenvalue weighted by molar-refractivity contribution is 5.53.